The minimum Gasteiger partial charge on any atom is -0.390 e. The van der Waals surface area contributed by atoms with E-state index in [1.54, 1.807) is 42.8 Å². The second-order valence-electron chi connectivity index (χ2n) is 8.55. The summed E-state index contributed by atoms with van der Waals surface area (Å²) in [5.74, 6) is 5.46. The molecule has 0 saturated carbocycles. The number of hydrogen-bond acceptors (Lipinski definition) is 5. The zero-order valence-electron chi connectivity index (χ0n) is 19.7. The normalized spacial score (nSPS) is 11.8. The van der Waals surface area contributed by atoms with Crippen molar-refractivity contribution in [1.29, 1.82) is 0 Å². The Morgan fingerprint density at radius 1 is 1.09 bits per heavy atom. The van der Waals surface area contributed by atoms with Gasteiger partial charge in [-0.3, -0.25) is 14.3 Å². The first-order valence-electron chi connectivity index (χ1n) is 10.8. The van der Waals surface area contributed by atoms with E-state index in [0.717, 1.165) is 22.4 Å². The Bertz CT molecular complexity index is 1230. The summed E-state index contributed by atoms with van der Waals surface area (Å²) in [7, 11) is 3.34. The highest BCUT2D eigenvalue weighted by atomic mass is 16.3. The highest BCUT2D eigenvalue weighted by Crippen LogP contribution is 2.20. The molecule has 176 valence electrons. The third-order valence-corrected chi connectivity index (χ3v) is 5.30. The zero-order valence-corrected chi connectivity index (χ0v) is 19.7. The summed E-state index contributed by atoms with van der Waals surface area (Å²) in [6, 6.07) is 15.6. The molecule has 2 amide bonds. The molecule has 0 bridgehead atoms. The number of carbonyl (C=O) groups excluding carboxylic acids is 2. The molecule has 5 N–H and O–H groups in total. The van der Waals surface area contributed by atoms with Gasteiger partial charge in [0.05, 0.1) is 18.0 Å². The number of carbonyl (C=O) groups is 2. The standard InChI is InChI=1S/C26H29N5O3/c1-26(2,27)23(25(34)28-3)29-24(33)20-13-9-18(10-14-20)6-5-17-7-11-19(12-8-17)22-15-21(16-32)30-31(22)4/h7-15,23,32H,16,27H2,1-4H3,(H,28,34)(H,29,33)/t23-/m1/s1. The molecular weight excluding hydrogens is 430 g/mol. The Morgan fingerprint density at radius 2 is 1.65 bits per heavy atom. The lowest BCUT2D eigenvalue weighted by Crippen LogP contribution is -2.61. The van der Waals surface area contributed by atoms with Crippen molar-refractivity contribution < 1.29 is 14.7 Å². The van der Waals surface area contributed by atoms with Crippen molar-refractivity contribution in [3.8, 4) is 23.1 Å². The van der Waals surface area contributed by atoms with E-state index in [-0.39, 0.29) is 18.4 Å². The fraction of sp³-hybridized carbons (Fsp3) is 0.269. The molecule has 1 heterocycles. The van der Waals surface area contributed by atoms with Crippen LogP contribution in [0.15, 0.2) is 54.6 Å². The summed E-state index contributed by atoms with van der Waals surface area (Å²) in [5.41, 5.74) is 9.64. The SMILES string of the molecule is CNC(=O)[C@@H](NC(=O)c1ccc(C#Cc2ccc(-c3cc(CO)nn3C)cc2)cc1)C(C)(C)N. The van der Waals surface area contributed by atoms with Gasteiger partial charge in [0.25, 0.3) is 5.91 Å². The molecule has 0 aliphatic carbocycles. The number of likely N-dealkylation sites (N-methyl/N-ethyl adjacent to an activating group) is 1. The average Bonchev–Trinajstić information content (AvgIpc) is 3.21. The first-order valence-corrected chi connectivity index (χ1v) is 10.8. The largest absolute Gasteiger partial charge is 0.390 e. The van der Waals surface area contributed by atoms with Crippen LogP contribution in [0.5, 0.6) is 0 Å². The third-order valence-electron chi connectivity index (χ3n) is 5.30. The molecule has 2 aromatic carbocycles. The van der Waals surface area contributed by atoms with Crippen molar-refractivity contribution in [3.05, 3.63) is 77.0 Å². The van der Waals surface area contributed by atoms with Crippen molar-refractivity contribution in [2.75, 3.05) is 7.05 Å². The molecule has 8 heteroatoms. The van der Waals surface area contributed by atoms with Crippen LogP contribution in [0, 0.1) is 11.8 Å². The van der Waals surface area contributed by atoms with Crippen LogP contribution in [0.1, 0.15) is 41.0 Å². The lowest BCUT2D eigenvalue weighted by molar-refractivity contribution is -0.123. The molecule has 0 saturated heterocycles. The fourth-order valence-electron chi connectivity index (χ4n) is 3.40. The Labute approximate surface area is 199 Å². The maximum absolute atomic E-state index is 12.6. The highest BCUT2D eigenvalue weighted by molar-refractivity contribution is 5.98. The topological polar surface area (TPSA) is 122 Å². The predicted octanol–water partition coefficient (Wildman–Crippen LogP) is 1.56. The maximum Gasteiger partial charge on any atom is 0.251 e. The molecule has 0 aliphatic heterocycles. The van der Waals surface area contributed by atoms with Crippen molar-refractivity contribution in [2.45, 2.75) is 32.0 Å². The van der Waals surface area contributed by atoms with E-state index in [1.165, 1.54) is 7.05 Å². The molecular formula is C26H29N5O3. The number of nitrogens with two attached hydrogens (primary N) is 1. The molecule has 3 rings (SSSR count). The van der Waals surface area contributed by atoms with Gasteiger partial charge in [0.2, 0.25) is 5.91 Å². The minimum absolute atomic E-state index is 0.0997. The number of hydrogen-bond donors (Lipinski definition) is 4. The van der Waals surface area contributed by atoms with E-state index in [0.29, 0.717) is 11.3 Å². The van der Waals surface area contributed by atoms with Crippen LogP contribution in [-0.4, -0.2) is 45.3 Å². The van der Waals surface area contributed by atoms with Crippen molar-refractivity contribution in [3.63, 3.8) is 0 Å². The van der Waals surface area contributed by atoms with Crippen LogP contribution < -0.4 is 16.4 Å². The average molecular weight is 460 g/mol. The van der Waals surface area contributed by atoms with Gasteiger partial charge in [-0.05, 0) is 61.9 Å². The van der Waals surface area contributed by atoms with Crippen LogP contribution in [0.25, 0.3) is 11.3 Å². The Kier molecular flexibility index (Phi) is 7.51. The lowest BCUT2D eigenvalue weighted by Gasteiger charge is -2.29. The molecule has 1 aromatic heterocycles. The molecule has 3 aromatic rings. The number of rotatable bonds is 6. The Balaban J connectivity index is 1.69. The number of aliphatic hydroxyl groups excluding tert-OH is 1. The first-order chi connectivity index (χ1) is 16.1. The summed E-state index contributed by atoms with van der Waals surface area (Å²) in [6.45, 7) is 3.26. The highest BCUT2D eigenvalue weighted by Gasteiger charge is 2.32. The van der Waals surface area contributed by atoms with Crippen LogP contribution in [0.2, 0.25) is 0 Å². The maximum atomic E-state index is 12.6. The predicted molar refractivity (Wildman–Crippen MR) is 131 cm³/mol. The van der Waals surface area contributed by atoms with E-state index >= 15 is 0 Å². The number of amides is 2. The lowest BCUT2D eigenvalue weighted by atomic mass is 9.94. The summed E-state index contributed by atoms with van der Waals surface area (Å²) in [5, 5.41) is 18.7. The summed E-state index contributed by atoms with van der Waals surface area (Å²) in [6.07, 6.45) is 0. The Morgan fingerprint density at radius 3 is 2.12 bits per heavy atom. The van der Waals surface area contributed by atoms with E-state index in [4.69, 9.17) is 5.73 Å². The second kappa shape index (κ2) is 10.3. The van der Waals surface area contributed by atoms with Gasteiger partial charge < -0.3 is 21.5 Å². The zero-order chi connectivity index (χ0) is 24.9. The molecule has 0 unspecified atom stereocenters. The van der Waals surface area contributed by atoms with Gasteiger partial charge in [-0.15, -0.1) is 0 Å². The van der Waals surface area contributed by atoms with Crippen molar-refractivity contribution in [1.82, 2.24) is 20.4 Å². The number of aromatic nitrogens is 2. The molecule has 0 fully saturated rings. The molecule has 8 nitrogen and oxygen atoms in total. The molecule has 34 heavy (non-hydrogen) atoms. The first kappa shape index (κ1) is 24.7. The number of benzene rings is 2. The van der Waals surface area contributed by atoms with Gasteiger partial charge in [0.15, 0.2) is 0 Å². The number of aryl methyl sites for hydroxylation is 1. The second-order valence-corrected chi connectivity index (χ2v) is 8.55. The van der Waals surface area contributed by atoms with Gasteiger partial charge in [-0.25, -0.2) is 0 Å². The number of aliphatic hydroxyl groups is 1. The molecule has 0 aliphatic rings. The monoisotopic (exact) mass is 459 g/mol. The minimum atomic E-state index is -0.922. The van der Waals surface area contributed by atoms with E-state index < -0.39 is 11.6 Å². The Hall–Kier alpha value is -3.93. The van der Waals surface area contributed by atoms with E-state index in [2.05, 4.69) is 27.6 Å². The third kappa shape index (κ3) is 5.90. The van der Waals surface area contributed by atoms with Crippen LogP contribution in [-0.2, 0) is 18.4 Å². The smallest absolute Gasteiger partial charge is 0.251 e. The van der Waals surface area contributed by atoms with Crippen molar-refractivity contribution >= 4 is 11.8 Å². The summed E-state index contributed by atoms with van der Waals surface area (Å²) < 4.78 is 1.73. The molecule has 1 atom stereocenters. The van der Waals surface area contributed by atoms with E-state index in [9.17, 15) is 14.7 Å². The van der Waals surface area contributed by atoms with Gasteiger partial charge in [-0.2, -0.15) is 5.10 Å². The summed E-state index contributed by atoms with van der Waals surface area (Å²) >= 11 is 0. The number of nitrogens with one attached hydrogen (secondary N) is 2. The van der Waals surface area contributed by atoms with Gasteiger partial charge >= 0.3 is 0 Å². The summed E-state index contributed by atoms with van der Waals surface area (Å²) in [4.78, 5) is 24.7. The van der Waals surface area contributed by atoms with E-state index in [1.807, 2.05) is 37.4 Å². The quantitative estimate of drug-likeness (QED) is 0.417. The number of nitrogens with zero attached hydrogens (tertiary/aromatic N) is 2. The fourth-order valence-corrected chi connectivity index (χ4v) is 3.40. The molecule has 0 radical (unpaired) electrons. The van der Waals surface area contributed by atoms with Gasteiger partial charge in [-0.1, -0.05) is 24.0 Å². The molecule has 0 spiro atoms. The van der Waals surface area contributed by atoms with Crippen LogP contribution in [0.4, 0.5) is 0 Å². The van der Waals surface area contributed by atoms with Gasteiger partial charge in [0, 0.05) is 36.3 Å². The van der Waals surface area contributed by atoms with Crippen LogP contribution >= 0.6 is 0 Å². The van der Waals surface area contributed by atoms with Crippen LogP contribution in [0.3, 0.4) is 0 Å². The van der Waals surface area contributed by atoms with Gasteiger partial charge in [0.1, 0.15) is 6.04 Å². The van der Waals surface area contributed by atoms with Crippen molar-refractivity contribution in [2.24, 2.45) is 12.8 Å².